The van der Waals surface area contributed by atoms with Crippen LogP contribution in [-0.2, 0) is 0 Å². The van der Waals surface area contributed by atoms with Crippen molar-refractivity contribution in [3.63, 3.8) is 0 Å². The van der Waals surface area contributed by atoms with Gasteiger partial charge in [-0.15, -0.1) is 0 Å². The zero-order chi connectivity index (χ0) is 14.2. The lowest BCUT2D eigenvalue weighted by Gasteiger charge is -2.09. The van der Waals surface area contributed by atoms with Gasteiger partial charge in [-0.05, 0) is 61.7 Å². The average molecular weight is 257 g/mol. The number of nitrogen functional groups attached to an aromatic ring is 1. The van der Waals surface area contributed by atoms with Crippen molar-refractivity contribution in [3.8, 4) is 0 Å². The van der Waals surface area contributed by atoms with E-state index >= 15 is 0 Å². The summed E-state index contributed by atoms with van der Waals surface area (Å²) < 4.78 is 14.0. The summed E-state index contributed by atoms with van der Waals surface area (Å²) in [4.78, 5) is 12.4. The maximum atomic E-state index is 14.0. The smallest absolute Gasteiger partial charge is 0.196 e. The van der Waals surface area contributed by atoms with E-state index in [2.05, 4.69) is 0 Å². The molecule has 0 aliphatic carbocycles. The van der Waals surface area contributed by atoms with E-state index in [0.717, 1.165) is 11.1 Å². The van der Waals surface area contributed by atoms with Crippen molar-refractivity contribution < 1.29 is 9.18 Å². The minimum Gasteiger partial charge on any atom is -0.399 e. The second-order valence-electron chi connectivity index (χ2n) is 4.84. The first kappa shape index (κ1) is 13.3. The van der Waals surface area contributed by atoms with Gasteiger partial charge in [0.05, 0.1) is 5.56 Å². The van der Waals surface area contributed by atoms with E-state index in [1.165, 1.54) is 6.07 Å². The molecule has 98 valence electrons. The fourth-order valence-electron chi connectivity index (χ4n) is 2.16. The van der Waals surface area contributed by atoms with Crippen LogP contribution in [0.5, 0.6) is 0 Å². The van der Waals surface area contributed by atoms with Gasteiger partial charge in [0.15, 0.2) is 5.78 Å². The maximum Gasteiger partial charge on any atom is 0.196 e. The Morgan fingerprint density at radius 2 is 1.74 bits per heavy atom. The van der Waals surface area contributed by atoms with E-state index in [1.54, 1.807) is 38.1 Å². The molecule has 0 saturated heterocycles. The summed E-state index contributed by atoms with van der Waals surface area (Å²) in [5.74, 6) is -0.782. The lowest BCUT2D eigenvalue weighted by Crippen LogP contribution is -2.08. The number of rotatable bonds is 2. The Kier molecular flexibility index (Phi) is 3.38. The van der Waals surface area contributed by atoms with Crippen molar-refractivity contribution in [2.75, 3.05) is 5.73 Å². The summed E-state index contributed by atoms with van der Waals surface area (Å²) in [7, 11) is 0. The Balaban J connectivity index is 2.53. The second kappa shape index (κ2) is 4.84. The Hall–Kier alpha value is -2.16. The third-order valence-electron chi connectivity index (χ3n) is 3.19. The van der Waals surface area contributed by atoms with Crippen LogP contribution in [0.3, 0.4) is 0 Å². The van der Waals surface area contributed by atoms with Crippen LogP contribution in [0.1, 0.15) is 32.6 Å². The van der Waals surface area contributed by atoms with Crippen molar-refractivity contribution >= 4 is 11.5 Å². The highest BCUT2D eigenvalue weighted by atomic mass is 19.1. The van der Waals surface area contributed by atoms with Crippen molar-refractivity contribution in [3.05, 3.63) is 64.0 Å². The molecule has 0 bridgehead atoms. The van der Waals surface area contributed by atoms with Crippen LogP contribution in [0.4, 0.5) is 10.1 Å². The quantitative estimate of drug-likeness (QED) is 0.660. The van der Waals surface area contributed by atoms with Crippen LogP contribution in [-0.4, -0.2) is 5.78 Å². The number of aryl methyl sites for hydroxylation is 3. The van der Waals surface area contributed by atoms with E-state index in [-0.39, 0.29) is 11.3 Å². The second-order valence-corrected chi connectivity index (χ2v) is 4.84. The van der Waals surface area contributed by atoms with Gasteiger partial charge in [0.25, 0.3) is 0 Å². The van der Waals surface area contributed by atoms with Crippen LogP contribution < -0.4 is 5.73 Å². The van der Waals surface area contributed by atoms with Gasteiger partial charge in [-0.2, -0.15) is 0 Å². The number of carbonyl (C=O) groups excluding carboxylic acids is 1. The molecule has 2 aromatic rings. The van der Waals surface area contributed by atoms with Crippen LogP contribution in [0, 0.1) is 26.6 Å². The molecular formula is C16H16FNO. The van der Waals surface area contributed by atoms with Crippen molar-refractivity contribution in [2.24, 2.45) is 0 Å². The summed E-state index contributed by atoms with van der Waals surface area (Å²) >= 11 is 0. The number of hydrogen-bond donors (Lipinski definition) is 1. The third-order valence-corrected chi connectivity index (χ3v) is 3.19. The van der Waals surface area contributed by atoms with Gasteiger partial charge in [0.1, 0.15) is 5.82 Å². The van der Waals surface area contributed by atoms with E-state index in [4.69, 9.17) is 5.73 Å². The lowest BCUT2D eigenvalue weighted by molar-refractivity contribution is 0.103. The largest absolute Gasteiger partial charge is 0.399 e. The highest BCUT2D eigenvalue weighted by Gasteiger charge is 2.17. The molecule has 0 unspecified atom stereocenters. The zero-order valence-corrected chi connectivity index (χ0v) is 11.3. The predicted molar refractivity (Wildman–Crippen MR) is 74.9 cm³/mol. The molecule has 0 amide bonds. The number of anilines is 1. The van der Waals surface area contributed by atoms with Crippen LogP contribution >= 0.6 is 0 Å². The first-order valence-electron chi connectivity index (χ1n) is 6.07. The number of carbonyl (C=O) groups is 1. The van der Waals surface area contributed by atoms with Gasteiger partial charge in [-0.25, -0.2) is 4.39 Å². The highest BCUT2D eigenvalue weighted by Crippen LogP contribution is 2.21. The van der Waals surface area contributed by atoms with Crippen LogP contribution in [0.25, 0.3) is 0 Å². The summed E-state index contributed by atoms with van der Waals surface area (Å²) in [5, 5.41) is 0. The Morgan fingerprint density at radius 3 is 2.32 bits per heavy atom. The first-order chi connectivity index (χ1) is 8.90. The summed E-state index contributed by atoms with van der Waals surface area (Å²) in [6.07, 6.45) is 0. The zero-order valence-electron chi connectivity index (χ0n) is 11.3. The molecule has 0 aliphatic heterocycles. The standard InChI is InChI=1S/C16H16FNO/c1-9-6-11(3)15(13(17)7-9)16(19)12-4-5-14(18)10(2)8-12/h4-8H,18H2,1-3H3. The lowest BCUT2D eigenvalue weighted by atomic mass is 9.96. The fourth-order valence-corrected chi connectivity index (χ4v) is 2.16. The molecule has 2 rings (SSSR count). The average Bonchev–Trinajstić information content (AvgIpc) is 2.31. The van der Waals surface area contributed by atoms with Crippen molar-refractivity contribution in [1.29, 1.82) is 0 Å². The SMILES string of the molecule is Cc1cc(C)c(C(=O)c2ccc(N)c(C)c2)c(F)c1. The first-order valence-corrected chi connectivity index (χ1v) is 6.07. The third kappa shape index (κ3) is 2.50. The monoisotopic (exact) mass is 257 g/mol. The van der Waals surface area contributed by atoms with Gasteiger partial charge < -0.3 is 5.73 Å². The number of ketones is 1. The number of benzene rings is 2. The van der Waals surface area contributed by atoms with Gasteiger partial charge in [0, 0.05) is 11.3 Å². The normalized spacial score (nSPS) is 10.5. The molecule has 2 nitrogen and oxygen atoms in total. The van der Waals surface area contributed by atoms with Gasteiger partial charge in [-0.1, -0.05) is 6.07 Å². The van der Waals surface area contributed by atoms with Gasteiger partial charge in [-0.3, -0.25) is 4.79 Å². The van der Waals surface area contributed by atoms with Crippen LogP contribution in [0.15, 0.2) is 30.3 Å². The molecule has 0 aromatic heterocycles. The summed E-state index contributed by atoms with van der Waals surface area (Å²) in [6, 6.07) is 8.18. The minimum atomic E-state index is -0.475. The molecule has 2 aromatic carbocycles. The molecule has 19 heavy (non-hydrogen) atoms. The predicted octanol–water partition coefficient (Wildman–Crippen LogP) is 3.56. The molecule has 0 atom stereocenters. The van der Waals surface area contributed by atoms with Gasteiger partial charge >= 0.3 is 0 Å². The van der Waals surface area contributed by atoms with E-state index in [0.29, 0.717) is 16.8 Å². The Labute approximate surface area is 112 Å². The molecule has 0 spiro atoms. The highest BCUT2D eigenvalue weighted by molar-refractivity contribution is 6.10. The summed E-state index contributed by atoms with van der Waals surface area (Å²) in [5.41, 5.74) is 9.21. The number of hydrogen-bond acceptors (Lipinski definition) is 2. The van der Waals surface area contributed by atoms with Gasteiger partial charge in [0.2, 0.25) is 0 Å². The molecule has 0 radical (unpaired) electrons. The molecular weight excluding hydrogens is 241 g/mol. The van der Waals surface area contributed by atoms with Crippen molar-refractivity contribution in [1.82, 2.24) is 0 Å². The van der Waals surface area contributed by atoms with Crippen LogP contribution in [0.2, 0.25) is 0 Å². The van der Waals surface area contributed by atoms with E-state index < -0.39 is 5.82 Å². The molecule has 3 heteroatoms. The molecule has 0 fully saturated rings. The van der Waals surface area contributed by atoms with E-state index in [9.17, 15) is 9.18 Å². The number of halogens is 1. The topological polar surface area (TPSA) is 43.1 Å². The Bertz CT molecular complexity index is 639. The molecule has 2 N–H and O–H groups in total. The number of nitrogens with two attached hydrogens (primary N) is 1. The summed E-state index contributed by atoms with van der Waals surface area (Å²) in [6.45, 7) is 5.37. The maximum absolute atomic E-state index is 14.0. The van der Waals surface area contributed by atoms with Crippen molar-refractivity contribution in [2.45, 2.75) is 20.8 Å². The fraction of sp³-hybridized carbons (Fsp3) is 0.188. The Morgan fingerprint density at radius 1 is 1.05 bits per heavy atom. The molecule has 0 heterocycles. The van der Waals surface area contributed by atoms with E-state index in [1.807, 2.05) is 6.92 Å². The molecule has 0 aliphatic rings. The minimum absolute atomic E-state index is 0.134. The molecule has 0 saturated carbocycles.